The molecule has 2 N–H and O–H groups in total. The predicted molar refractivity (Wildman–Crippen MR) is 105 cm³/mol. The normalized spacial score (nSPS) is 13.1. The Kier molecular flexibility index (Phi) is 7.28. The molecule has 0 amide bonds. The van der Waals surface area contributed by atoms with E-state index in [1.807, 2.05) is 0 Å². The SMILES string of the molecule is CCNC(=NCc1ccsc1)NCC(c1ccc(C)cc1)N(C)C. The summed E-state index contributed by atoms with van der Waals surface area (Å²) in [5.41, 5.74) is 3.85. The number of nitrogens with zero attached hydrogens (tertiary/aromatic N) is 2. The van der Waals surface area contributed by atoms with E-state index >= 15 is 0 Å². The molecule has 0 saturated carbocycles. The first kappa shape index (κ1) is 18.5. The molecular weight excluding hydrogens is 316 g/mol. The largest absolute Gasteiger partial charge is 0.357 e. The summed E-state index contributed by atoms with van der Waals surface area (Å²) >= 11 is 1.71. The van der Waals surface area contributed by atoms with E-state index in [2.05, 4.69) is 89.6 Å². The molecule has 1 unspecified atom stereocenters. The quantitative estimate of drug-likeness (QED) is 0.597. The second-order valence-corrected chi connectivity index (χ2v) is 6.88. The lowest BCUT2D eigenvalue weighted by Crippen LogP contribution is -2.41. The summed E-state index contributed by atoms with van der Waals surface area (Å²) in [6, 6.07) is 11.2. The van der Waals surface area contributed by atoms with Gasteiger partial charge in [0.15, 0.2) is 5.96 Å². The second kappa shape index (κ2) is 9.45. The maximum Gasteiger partial charge on any atom is 0.191 e. The molecular formula is C19H28N4S. The third-order valence-corrected chi connectivity index (χ3v) is 4.62. The Hall–Kier alpha value is -1.85. The Labute approximate surface area is 149 Å². The number of likely N-dealkylation sites (N-methyl/N-ethyl adjacent to an activating group) is 1. The highest BCUT2D eigenvalue weighted by Gasteiger charge is 2.14. The fourth-order valence-electron chi connectivity index (χ4n) is 2.48. The summed E-state index contributed by atoms with van der Waals surface area (Å²) in [5, 5.41) is 11.0. The zero-order valence-electron chi connectivity index (χ0n) is 15.0. The first-order chi connectivity index (χ1) is 11.6. The van der Waals surface area contributed by atoms with Crippen LogP contribution in [0.25, 0.3) is 0 Å². The second-order valence-electron chi connectivity index (χ2n) is 6.10. The van der Waals surface area contributed by atoms with Crippen LogP contribution < -0.4 is 10.6 Å². The molecule has 0 saturated heterocycles. The summed E-state index contributed by atoms with van der Waals surface area (Å²) in [6.45, 7) is 6.58. The molecule has 1 aromatic heterocycles. The molecule has 0 radical (unpaired) electrons. The van der Waals surface area contributed by atoms with Crippen molar-refractivity contribution in [3.8, 4) is 0 Å². The number of aliphatic imine (C=N–C) groups is 1. The Bertz CT molecular complexity index is 617. The fraction of sp³-hybridized carbons (Fsp3) is 0.421. The van der Waals surface area contributed by atoms with Gasteiger partial charge >= 0.3 is 0 Å². The Balaban J connectivity index is 2.01. The number of benzene rings is 1. The Morgan fingerprint density at radius 2 is 1.92 bits per heavy atom. The van der Waals surface area contributed by atoms with Gasteiger partial charge in [-0.25, -0.2) is 4.99 Å². The summed E-state index contributed by atoms with van der Waals surface area (Å²) in [4.78, 5) is 6.91. The van der Waals surface area contributed by atoms with Crippen molar-refractivity contribution in [3.63, 3.8) is 0 Å². The lowest BCUT2D eigenvalue weighted by molar-refractivity contribution is 0.298. The maximum atomic E-state index is 4.68. The number of thiophene rings is 1. The topological polar surface area (TPSA) is 39.7 Å². The number of rotatable bonds is 7. The van der Waals surface area contributed by atoms with Crippen LogP contribution in [0, 0.1) is 6.92 Å². The van der Waals surface area contributed by atoms with Crippen LogP contribution in [0.5, 0.6) is 0 Å². The van der Waals surface area contributed by atoms with Crippen LogP contribution >= 0.6 is 11.3 Å². The van der Waals surface area contributed by atoms with E-state index in [0.29, 0.717) is 12.6 Å². The average Bonchev–Trinajstić information content (AvgIpc) is 3.07. The van der Waals surface area contributed by atoms with Gasteiger partial charge in [0.25, 0.3) is 0 Å². The van der Waals surface area contributed by atoms with Crippen LogP contribution in [-0.2, 0) is 6.54 Å². The zero-order chi connectivity index (χ0) is 17.4. The molecule has 1 aromatic carbocycles. The monoisotopic (exact) mass is 344 g/mol. The third kappa shape index (κ3) is 5.65. The summed E-state index contributed by atoms with van der Waals surface area (Å²) < 4.78 is 0. The standard InChI is InChI=1S/C19H28N4S/c1-5-20-19(21-12-16-10-11-24-14-16)22-13-18(23(3)4)17-8-6-15(2)7-9-17/h6-11,14,18H,5,12-13H2,1-4H3,(H2,20,21,22). The molecule has 0 aliphatic heterocycles. The molecule has 1 heterocycles. The molecule has 24 heavy (non-hydrogen) atoms. The predicted octanol–water partition coefficient (Wildman–Crippen LogP) is 3.41. The van der Waals surface area contributed by atoms with Gasteiger partial charge in [-0.15, -0.1) is 0 Å². The Morgan fingerprint density at radius 1 is 1.17 bits per heavy atom. The highest BCUT2D eigenvalue weighted by atomic mass is 32.1. The van der Waals surface area contributed by atoms with Crippen molar-refractivity contribution in [1.29, 1.82) is 0 Å². The van der Waals surface area contributed by atoms with Crippen LogP contribution in [0.3, 0.4) is 0 Å². The van der Waals surface area contributed by atoms with Crippen molar-refractivity contribution in [2.24, 2.45) is 4.99 Å². The van der Waals surface area contributed by atoms with Gasteiger partial charge in [-0.1, -0.05) is 29.8 Å². The summed E-state index contributed by atoms with van der Waals surface area (Å²) in [6.07, 6.45) is 0. The first-order valence-corrected chi connectivity index (χ1v) is 9.30. The molecule has 2 rings (SSSR count). The highest BCUT2D eigenvalue weighted by Crippen LogP contribution is 2.17. The van der Waals surface area contributed by atoms with Gasteiger partial charge in [-0.05, 0) is 55.9 Å². The van der Waals surface area contributed by atoms with E-state index in [4.69, 9.17) is 0 Å². The van der Waals surface area contributed by atoms with Crippen molar-refractivity contribution in [2.45, 2.75) is 26.4 Å². The van der Waals surface area contributed by atoms with Crippen LogP contribution in [0.4, 0.5) is 0 Å². The van der Waals surface area contributed by atoms with Gasteiger partial charge in [0.1, 0.15) is 0 Å². The molecule has 0 aliphatic rings. The van der Waals surface area contributed by atoms with Crippen molar-refractivity contribution in [1.82, 2.24) is 15.5 Å². The van der Waals surface area contributed by atoms with E-state index < -0.39 is 0 Å². The molecule has 4 nitrogen and oxygen atoms in total. The maximum absolute atomic E-state index is 4.68. The zero-order valence-corrected chi connectivity index (χ0v) is 15.9. The number of guanidine groups is 1. The van der Waals surface area contributed by atoms with Gasteiger partial charge in [0, 0.05) is 13.1 Å². The lowest BCUT2D eigenvalue weighted by atomic mass is 10.0. The number of hydrogen-bond donors (Lipinski definition) is 2. The summed E-state index contributed by atoms with van der Waals surface area (Å²) in [5.74, 6) is 0.864. The van der Waals surface area contributed by atoms with E-state index in [0.717, 1.165) is 19.0 Å². The van der Waals surface area contributed by atoms with Crippen LogP contribution in [0.15, 0.2) is 46.1 Å². The molecule has 1 atom stereocenters. The van der Waals surface area contributed by atoms with Gasteiger partial charge in [-0.2, -0.15) is 11.3 Å². The minimum absolute atomic E-state index is 0.301. The number of aryl methyl sites for hydroxylation is 1. The van der Waals surface area contributed by atoms with Crippen molar-refractivity contribution in [2.75, 3.05) is 27.2 Å². The van der Waals surface area contributed by atoms with Crippen molar-refractivity contribution < 1.29 is 0 Å². The van der Waals surface area contributed by atoms with Crippen molar-refractivity contribution in [3.05, 3.63) is 57.8 Å². The van der Waals surface area contributed by atoms with Crippen LogP contribution in [-0.4, -0.2) is 38.0 Å². The lowest BCUT2D eigenvalue weighted by Gasteiger charge is -2.26. The van der Waals surface area contributed by atoms with Crippen LogP contribution in [0.2, 0.25) is 0 Å². The van der Waals surface area contributed by atoms with E-state index in [9.17, 15) is 0 Å². The van der Waals surface area contributed by atoms with Gasteiger partial charge in [0.2, 0.25) is 0 Å². The van der Waals surface area contributed by atoms with E-state index in [1.165, 1.54) is 16.7 Å². The van der Waals surface area contributed by atoms with Crippen LogP contribution in [0.1, 0.15) is 29.7 Å². The third-order valence-electron chi connectivity index (χ3n) is 3.89. The van der Waals surface area contributed by atoms with Gasteiger partial charge in [0.05, 0.1) is 12.6 Å². The van der Waals surface area contributed by atoms with E-state index in [-0.39, 0.29) is 0 Å². The first-order valence-electron chi connectivity index (χ1n) is 8.36. The number of nitrogens with one attached hydrogen (secondary N) is 2. The average molecular weight is 345 g/mol. The molecule has 0 bridgehead atoms. The minimum Gasteiger partial charge on any atom is -0.357 e. The molecule has 5 heteroatoms. The number of hydrogen-bond acceptors (Lipinski definition) is 3. The van der Waals surface area contributed by atoms with Gasteiger partial charge in [-0.3, -0.25) is 0 Å². The molecule has 0 fully saturated rings. The molecule has 0 aliphatic carbocycles. The highest BCUT2D eigenvalue weighted by molar-refractivity contribution is 7.07. The Morgan fingerprint density at radius 3 is 2.50 bits per heavy atom. The van der Waals surface area contributed by atoms with Crippen molar-refractivity contribution >= 4 is 17.3 Å². The molecule has 0 spiro atoms. The molecule has 130 valence electrons. The van der Waals surface area contributed by atoms with E-state index in [1.54, 1.807) is 11.3 Å². The molecule has 2 aromatic rings. The smallest absolute Gasteiger partial charge is 0.191 e. The minimum atomic E-state index is 0.301. The summed E-state index contributed by atoms with van der Waals surface area (Å²) in [7, 11) is 4.23. The fourth-order valence-corrected chi connectivity index (χ4v) is 3.14. The van der Waals surface area contributed by atoms with Gasteiger partial charge < -0.3 is 15.5 Å².